The Hall–Kier alpha value is -0.800. The van der Waals surface area contributed by atoms with Crippen molar-refractivity contribution in [1.29, 1.82) is 0 Å². The van der Waals surface area contributed by atoms with E-state index in [1.807, 2.05) is 12.1 Å². The van der Waals surface area contributed by atoms with E-state index >= 15 is 0 Å². The molecular formula is C10H8BrClO2. The molecule has 2 nitrogen and oxygen atoms in total. The third-order valence-electron chi connectivity index (χ3n) is 1.55. The Kier molecular flexibility index (Phi) is 4.17. The molecule has 1 aromatic carbocycles. The first-order valence-corrected chi connectivity index (χ1v) is 5.10. The summed E-state index contributed by atoms with van der Waals surface area (Å²) in [4.78, 5) is 10.2. The molecule has 0 radical (unpaired) electrons. The summed E-state index contributed by atoms with van der Waals surface area (Å²) in [5, 5.41) is 9.02. The second-order valence-corrected chi connectivity index (χ2v) is 3.94. The molecule has 0 atom stereocenters. The Morgan fingerprint density at radius 3 is 2.86 bits per heavy atom. The van der Waals surface area contributed by atoms with Gasteiger partial charge in [0, 0.05) is 4.47 Å². The fourth-order valence-corrected chi connectivity index (χ4v) is 1.35. The van der Waals surface area contributed by atoms with Gasteiger partial charge in [-0.25, -0.2) is 0 Å². The first-order chi connectivity index (χ1) is 6.59. The number of halogens is 2. The molecule has 1 N–H and O–H groups in total. The van der Waals surface area contributed by atoms with Gasteiger partial charge >= 0.3 is 5.97 Å². The van der Waals surface area contributed by atoms with Gasteiger partial charge in [-0.3, -0.25) is 4.79 Å². The van der Waals surface area contributed by atoms with Crippen LogP contribution in [0.3, 0.4) is 0 Å². The third-order valence-corrected chi connectivity index (χ3v) is 2.78. The number of rotatable bonds is 3. The van der Waals surface area contributed by atoms with E-state index in [1.54, 1.807) is 18.2 Å². The number of carbonyl (C=O) groups is 1. The predicted octanol–water partition coefficient (Wildman–Crippen LogP) is 3.59. The second-order valence-electron chi connectivity index (χ2n) is 2.67. The second kappa shape index (κ2) is 5.17. The van der Waals surface area contributed by atoms with Gasteiger partial charge in [-0.1, -0.05) is 29.8 Å². The zero-order valence-electron chi connectivity index (χ0n) is 7.21. The van der Waals surface area contributed by atoms with Crippen molar-refractivity contribution >= 4 is 39.6 Å². The lowest BCUT2D eigenvalue weighted by atomic mass is 10.2. The number of carboxylic acids is 1. The van der Waals surface area contributed by atoms with Crippen LogP contribution in [-0.4, -0.2) is 11.1 Å². The van der Waals surface area contributed by atoms with Crippen molar-refractivity contribution in [1.82, 2.24) is 0 Å². The van der Waals surface area contributed by atoms with Crippen molar-refractivity contribution in [2.75, 3.05) is 0 Å². The van der Waals surface area contributed by atoms with Gasteiger partial charge in [0.15, 0.2) is 0 Å². The molecule has 0 aromatic heterocycles. The average molecular weight is 276 g/mol. The van der Waals surface area contributed by atoms with E-state index in [4.69, 9.17) is 16.7 Å². The molecule has 14 heavy (non-hydrogen) atoms. The highest BCUT2D eigenvalue weighted by molar-refractivity contribution is 9.10. The molecule has 0 saturated heterocycles. The van der Waals surface area contributed by atoms with Crippen molar-refractivity contribution in [3.05, 3.63) is 39.3 Å². The Labute approximate surface area is 95.3 Å². The molecule has 0 amide bonds. The summed E-state index contributed by atoms with van der Waals surface area (Å²) in [6, 6.07) is 5.45. The number of benzene rings is 1. The van der Waals surface area contributed by atoms with Crippen LogP contribution in [0.25, 0.3) is 6.08 Å². The minimum atomic E-state index is -0.843. The standard InChI is InChI=1S/C10H8BrClO2/c11-8-5-4-7(6-9(8)12)2-1-3-10(13)14/h1-2,4-6H,3H2,(H,13,14). The molecule has 0 unspecified atom stereocenters. The quantitative estimate of drug-likeness (QED) is 0.915. The maximum atomic E-state index is 10.2. The normalized spacial score (nSPS) is 10.7. The minimum absolute atomic E-state index is 0.0215. The van der Waals surface area contributed by atoms with E-state index in [-0.39, 0.29) is 6.42 Å². The zero-order valence-corrected chi connectivity index (χ0v) is 9.55. The highest BCUT2D eigenvalue weighted by atomic mass is 79.9. The SMILES string of the molecule is O=C(O)CC=Cc1ccc(Br)c(Cl)c1. The van der Waals surface area contributed by atoms with Gasteiger partial charge < -0.3 is 5.11 Å². The topological polar surface area (TPSA) is 37.3 Å². The van der Waals surface area contributed by atoms with Gasteiger partial charge in [-0.15, -0.1) is 0 Å². The molecule has 0 saturated carbocycles. The molecule has 74 valence electrons. The van der Waals surface area contributed by atoms with Crippen LogP contribution in [-0.2, 0) is 4.79 Å². The summed E-state index contributed by atoms with van der Waals surface area (Å²) in [5.41, 5.74) is 0.888. The van der Waals surface area contributed by atoms with E-state index in [0.717, 1.165) is 10.0 Å². The van der Waals surface area contributed by atoms with Gasteiger partial charge in [0.05, 0.1) is 11.4 Å². The molecule has 1 aromatic rings. The van der Waals surface area contributed by atoms with Gasteiger partial charge in [0.25, 0.3) is 0 Å². The maximum absolute atomic E-state index is 10.2. The van der Waals surface area contributed by atoms with Crippen LogP contribution in [0.1, 0.15) is 12.0 Å². The van der Waals surface area contributed by atoms with E-state index in [9.17, 15) is 4.79 Å². The lowest BCUT2D eigenvalue weighted by Crippen LogP contribution is -1.89. The van der Waals surface area contributed by atoms with E-state index in [0.29, 0.717) is 5.02 Å². The Bertz CT molecular complexity index is 374. The van der Waals surface area contributed by atoms with Crippen LogP contribution in [0.15, 0.2) is 28.7 Å². The first-order valence-electron chi connectivity index (χ1n) is 3.93. The number of carboxylic acid groups (broad SMARTS) is 1. The maximum Gasteiger partial charge on any atom is 0.307 e. The van der Waals surface area contributed by atoms with Gasteiger partial charge in [0.2, 0.25) is 0 Å². The predicted molar refractivity (Wildman–Crippen MR) is 60.4 cm³/mol. The largest absolute Gasteiger partial charge is 0.481 e. The highest BCUT2D eigenvalue weighted by Gasteiger charge is 1.96. The van der Waals surface area contributed by atoms with Crippen LogP contribution < -0.4 is 0 Å². The molecule has 0 aliphatic carbocycles. The zero-order chi connectivity index (χ0) is 10.6. The molecule has 1 rings (SSSR count). The Morgan fingerprint density at radius 1 is 1.57 bits per heavy atom. The summed E-state index contributed by atoms with van der Waals surface area (Å²) in [5.74, 6) is -0.843. The fourth-order valence-electron chi connectivity index (χ4n) is 0.912. The van der Waals surface area contributed by atoms with Crippen molar-refractivity contribution in [2.45, 2.75) is 6.42 Å². The summed E-state index contributed by atoms with van der Waals surface area (Å²) in [7, 11) is 0. The first kappa shape index (κ1) is 11.3. The van der Waals surface area contributed by atoms with Gasteiger partial charge in [0.1, 0.15) is 0 Å². The van der Waals surface area contributed by atoms with Gasteiger partial charge in [-0.05, 0) is 33.6 Å². The summed E-state index contributed by atoms with van der Waals surface area (Å²) < 4.78 is 0.828. The van der Waals surface area contributed by atoms with Gasteiger partial charge in [-0.2, -0.15) is 0 Å². The van der Waals surface area contributed by atoms with Crippen molar-refractivity contribution < 1.29 is 9.90 Å². The van der Waals surface area contributed by atoms with E-state index in [2.05, 4.69) is 15.9 Å². The van der Waals surface area contributed by atoms with Crippen LogP contribution in [0.5, 0.6) is 0 Å². The van der Waals surface area contributed by atoms with Crippen LogP contribution in [0.4, 0.5) is 0 Å². The smallest absolute Gasteiger partial charge is 0.307 e. The van der Waals surface area contributed by atoms with Crippen molar-refractivity contribution in [3.63, 3.8) is 0 Å². The van der Waals surface area contributed by atoms with Crippen molar-refractivity contribution in [3.8, 4) is 0 Å². The summed E-state index contributed by atoms with van der Waals surface area (Å²) in [6.07, 6.45) is 3.34. The molecule has 0 bridgehead atoms. The summed E-state index contributed by atoms with van der Waals surface area (Å²) in [6.45, 7) is 0. The molecule has 0 aliphatic heterocycles. The highest BCUT2D eigenvalue weighted by Crippen LogP contribution is 2.23. The summed E-state index contributed by atoms with van der Waals surface area (Å²) >= 11 is 9.13. The van der Waals surface area contributed by atoms with E-state index in [1.165, 1.54) is 0 Å². The monoisotopic (exact) mass is 274 g/mol. The molecular weight excluding hydrogens is 267 g/mol. The molecule has 0 aliphatic rings. The molecule has 0 spiro atoms. The number of hydrogen-bond acceptors (Lipinski definition) is 1. The number of hydrogen-bond donors (Lipinski definition) is 1. The van der Waals surface area contributed by atoms with Crippen LogP contribution in [0, 0.1) is 0 Å². The Morgan fingerprint density at radius 2 is 2.29 bits per heavy atom. The lowest BCUT2D eigenvalue weighted by Gasteiger charge is -1.97. The molecule has 4 heteroatoms. The molecule has 0 heterocycles. The Balaban J connectivity index is 2.73. The lowest BCUT2D eigenvalue weighted by molar-refractivity contribution is -0.135. The average Bonchev–Trinajstić information content (AvgIpc) is 2.10. The van der Waals surface area contributed by atoms with E-state index < -0.39 is 5.97 Å². The van der Waals surface area contributed by atoms with Crippen LogP contribution >= 0.6 is 27.5 Å². The minimum Gasteiger partial charge on any atom is -0.481 e. The number of aliphatic carboxylic acids is 1. The fraction of sp³-hybridized carbons (Fsp3) is 0.100. The van der Waals surface area contributed by atoms with Crippen molar-refractivity contribution in [2.24, 2.45) is 0 Å². The van der Waals surface area contributed by atoms with Crippen LogP contribution in [0.2, 0.25) is 5.02 Å². The third kappa shape index (κ3) is 3.52. The molecule has 0 fully saturated rings.